The molecule has 0 saturated heterocycles. The van der Waals surface area contributed by atoms with Gasteiger partial charge in [-0.1, -0.05) is 66.7 Å². The second-order valence-corrected chi connectivity index (χ2v) is 8.49. The van der Waals surface area contributed by atoms with Crippen LogP contribution in [0.5, 0.6) is 0 Å². The molecule has 30 heavy (non-hydrogen) atoms. The summed E-state index contributed by atoms with van der Waals surface area (Å²) < 4.78 is 0.709. The Morgan fingerprint density at radius 3 is 2.23 bits per heavy atom. The van der Waals surface area contributed by atoms with Crippen LogP contribution >= 0.6 is 39.5 Å². The highest BCUT2D eigenvalue weighted by atomic mass is 79.9. The monoisotopic (exact) mass is 493 g/mol. The molecule has 148 valence electrons. The van der Waals surface area contributed by atoms with Gasteiger partial charge in [-0.05, 0) is 51.4 Å². The highest BCUT2D eigenvalue weighted by Gasteiger charge is 2.12. The predicted molar refractivity (Wildman–Crippen MR) is 131 cm³/mol. The molecule has 0 aliphatic rings. The van der Waals surface area contributed by atoms with Crippen LogP contribution in [0.15, 0.2) is 88.7 Å². The lowest BCUT2D eigenvalue weighted by atomic mass is 10.0. The smallest absolute Gasteiger partial charge is 0.258 e. The summed E-state index contributed by atoms with van der Waals surface area (Å²) in [5.74, 6) is -0.284. The Kier molecular flexibility index (Phi) is 6.32. The number of thiazole rings is 1. The summed E-state index contributed by atoms with van der Waals surface area (Å²) in [6.45, 7) is 0. The van der Waals surface area contributed by atoms with Gasteiger partial charge < -0.3 is 5.32 Å². The first-order valence-corrected chi connectivity index (χ1v) is 11.2. The van der Waals surface area contributed by atoms with Crippen LogP contribution in [0.4, 0.5) is 5.13 Å². The number of aromatic nitrogens is 1. The minimum Gasteiger partial charge on any atom is -0.308 e. The van der Waals surface area contributed by atoms with Crippen molar-refractivity contribution in [3.8, 4) is 22.4 Å². The van der Waals surface area contributed by atoms with Crippen molar-refractivity contribution in [2.24, 2.45) is 0 Å². The van der Waals surface area contributed by atoms with Crippen LogP contribution in [0.2, 0.25) is 0 Å². The molecule has 4 aromatic rings. The molecule has 2 N–H and O–H groups in total. The van der Waals surface area contributed by atoms with Crippen LogP contribution in [0.1, 0.15) is 10.4 Å². The molecule has 0 radical (unpaired) electrons. The Bertz CT molecular complexity index is 1190. The Morgan fingerprint density at radius 1 is 0.867 bits per heavy atom. The van der Waals surface area contributed by atoms with Crippen LogP contribution in [0.25, 0.3) is 22.4 Å². The largest absolute Gasteiger partial charge is 0.308 e. The molecule has 0 bridgehead atoms. The van der Waals surface area contributed by atoms with Gasteiger partial charge in [0.05, 0.1) is 11.3 Å². The molecule has 0 atom stereocenters. The maximum absolute atomic E-state index is 12.4. The molecule has 7 heteroatoms. The molecule has 0 saturated carbocycles. The summed E-state index contributed by atoms with van der Waals surface area (Å²) in [7, 11) is 0. The second kappa shape index (κ2) is 9.30. The molecular weight excluding hydrogens is 478 g/mol. The second-order valence-electron chi connectivity index (χ2n) is 6.37. The number of carbonyl (C=O) groups is 1. The number of benzene rings is 3. The molecule has 4 rings (SSSR count). The summed E-state index contributed by atoms with van der Waals surface area (Å²) in [4.78, 5) is 16.9. The molecular formula is C23H16BrN3OS2. The SMILES string of the molecule is O=C(NC(=S)Nc1nc(-c2ccc(-c3ccccc3)cc2)cs1)c1ccccc1Br. The highest BCUT2D eigenvalue weighted by molar-refractivity contribution is 9.10. The quantitative estimate of drug-likeness (QED) is 0.324. The normalized spacial score (nSPS) is 10.4. The number of hydrogen-bond acceptors (Lipinski definition) is 4. The summed E-state index contributed by atoms with van der Waals surface area (Å²) in [5.41, 5.74) is 4.71. The van der Waals surface area contributed by atoms with Crippen molar-refractivity contribution in [1.82, 2.24) is 10.3 Å². The van der Waals surface area contributed by atoms with E-state index in [2.05, 4.69) is 55.8 Å². The lowest BCUT2D eigenvalue weighted by molar-refractivity contribution is 0.0977. The van der Waals surface area contributed by atoms with Crippen LogP contribution in [0.3, 0.4) is 0 Å². The standard InChI is InChI=1S/C23H16BrN3OS2/c24-19-9-5-4-8-18(19)21(28)26-22(29)27-23-25-20(14-30-23)17-12-10-16(11-13-17)15-6-2-1-3-7-15/h1-14H,(H2,25,26,27,28,29). The van der Waals surface area contributed by atoms with Gasteiger partial charge in [-0.3, -0.25) is 10.1 Å². The van der Waals surface area contributed by atoms with Gasteiger partial charge in [0.2, 0.25) is 0 Å². The lowest BCUT2D eigenvalue weighted by Gasteiger charge is -2.08. The van der Waals surface area contributed by atoms with Crippen LogP contribution in [-0.4, -0.2) is 16.0 Å². The number of carbonyl (C=O) groups excluding carboxylic acids is 1. The van der Waals surface area contributed by atoms with Gasteiger partial charge in [-0.15, -0.1) is 11.3 Å². The van der Waals surface area contributed by atoms with E-state index < -0.39 is 0 Å². The van der Waals surface area contributed by atoms with Crippen LogP contribution < -0.4 is 10.6 Å². The zero-order valence-corrected chi connectivity index (χ0v) is 18.9. The number of nitrogens with one attached hydrogen (secondary N) is 2. The van der Waals surface area contributed by atoms with Gasteiger partial charge in [0, 0.05) is 15.4 Å². The number of rotatable bonds is 4. The van der Waals surface area contributed by atoms with E-state index in [9.17, 15) is 4.79 Å². The Balaban J connectivity index is 1.41. The molecule has 0 aliphatic carbocycles. The van der Waals surface area contributed by atoms with Crippen molar-refractivity contribution >= 4 is 55.6 Å². The average molecular weight is 494 g/mol. The molecule has 0 unspecified atom stereocenters. The van der Waals surface area contributed by atoms with Gasteiger partial charge in [-0.2, -0.15) is 0 Å². The Labute approximate surface area is 192 Å². The van der Waals surface area contributed by atoms with E-state index in [4.69, 9.17) is 12.2 Å². The van der Waals surface area contributed by atoms with Gasteiger partial charge >= 0.3 is 0 Å². The number of amides is 1. The molecule has 1 aromatic heterocycles. The van der Waals surface area contributed by atoms with E-state index >= 15 is 0 Å². The number of nitrogens with zero attached hydrogens (tertiary/aromatic N) is 1. The van der Waals surface area contributed by atoms with Gasteiger partial charge in [0.1, 0.15) is 0 Å². The summed E-state index contributed by atoms with van der Waals surface area (Å²) in [6.07, 6.45) is 0. The van der Waals surface area contributed by atoms with Gasteiger partial charge in [0.25, 0.3) is 5.91 Å². The first-order chi connectivity index (χ1) is 14.6. The van der Waals surface area contributed by atoms with Crippen molar-refractivity contribution in [2.75, 3.05) is 5.32 Å². The van der Waals surface area contributed by atoms with E-state index in [0.717, 1.165) is 16.8 Å². The molecule has 1 amide bonds. The first kappa shape index (κ1) is 20.4. The van der Waals surface area contributed by atoms with E-state index in [1.165, 1.54) is 16.9 Å². The van der Waals surface area contributed by atoms with E-state index in [1.54, 1.807) is 12.1 Å². The van der Waals surface area contributed by atoms with Crippen molar-refractivity contribution in [3.05, 3.63) is 94.3 Å². The third-order valence-electron chi connectivity index (χ3n) is 4.36. The summed E-state index contributed by atoms with van der Waals surface area (Å²) >= 11 is 10.1. The molecule has 0 aliphatic heterocycles. The maximum Gasteiger partial charge on any atom is 0.258 e. The molecule has 4 nitrogen and oxygen atoms in total. The fourth-order valence-corrected chi connectivity index (χ4v) is 4.31. The van der Waals surface area contributed by atoms with Crippen LogP contribution in [0, 0.1) is 0 Å². The van der Waals surface area contributed by atoms with Crippen molar-refractivity contribution in [1.29, 1.82) is 0 Å². The van der Waals surface area contributed by atoms with E-state index in [0.29, 0.717) is 15.2 Å². The predicted octanol–water partition coefficient (Wildman–Crippen LogP) is 6.37. The molecule has 3 aromatic carbocycles. The number of anilines is 1. The fourth-order valence-electron chi connectivity index (χ4n) is 2.87. The number of halogens is 1. The molecule has 1 heterocycles. The summed E-state index contributed by atoms with van der Waals surface area (Å²) in [5, 5.41) is 8.44. The van der Waals surface area contributed by atoms with Crippen molar-refractivity contribution < 1.29 is 4.79 Å². The third-order valence-corrected chi connectivity index (χ3v) is 6.01. The first-order valence-electron chi connectivity index (χ1n) is 9.08. The molecule has 0 fully saturated rings. The minimum atomic E-state index is -0.284. The molecule has 0 spiro atoms. The summed E-state index contributed by atoms with van der Waals surface area (Å²) in [6, 6.07) is 25.7. The van der Waals surface area contributed by atoms with E-state index in [1.807, 2.05) is 47.8 Å². The number of thiocarbonyl (C=S) groups is 1. The average Bonchev–Trinajstić information content (AvgIpc) is 3.23. The number of hydrogen-bond donors (Lipinski definition) is 2. The zero-order valence-electron chi connectivity index (χ0n) is 15.6. The van der Waals surface area contributed by atoms with Gasteiger partial charge in [-0.25, -0.2) is 4.98 Å². The van der Waals surface area contributed by atoms with Crippen molar-refractivity contribution in [3.63, 3.8) is 0 Å². The van der Waals surface area contributed by atoms with E-state index in [-0.39, 0.29) is 11.0 Å². The zero-order chi connectivity index (χ0) is 20.9. The Morgan fingerprint density at radius 2 is 1.50 bits per heavy atom. The van der Waals surface area contributed by atoms with Gasteiger partial charge in [0.15, 0.2) is 10.2 Å². The minimum absolute atomic E-state index is 0.205. The third kappa shape index (κ3) is 4.81. The topological polar surface area (TPSA) is 54.0 Å². The van der Waals surface area contributed by atoms with Crippen molar-refractivity contribution in [2.45, 2.75) is 0 Å². The lowest BCUT2D eigenvalue weighted by Crippen LogP contribution is -2.34. The fraction of sp³-hybridized carbons (Fsp3) is 0. The Hall–Kier alpha value is -2.87. The highest BCUT2D eigenvalue weighted by Crippen LogP contribution is 2.27. The van der Waals surface area contributed by atoms with Crippen LogP contribution in [-0.2, 0) is 0 Å². The maximum atomic E-state index is 12.4.